The summed E-state index contributed by atoms with van der Waals surface area (Å²) in [5, 5.41) is 10.3. The van der Waals surface area contributed by atoms with Gasteiger partial charge in [-0.1, -0.05) is 36.4 Å². The van der Waals surface area contributed by atoms with E-state index in [1.165, 1.54) is 6.08 Å². The molecule has 0 bridgehead atoms. The van der Waals surface area contributed by atoms with Crippen molar-refractivity contribution in [2.24, 2.45) is 7.05 Å². The maximum absolute atomic E-state index is 12.4. The van der Waals surface area contributed by atoms with Crippen LogP contribution in [-0.2, 0) is 7.05 Å². The Morgan fingerprint density at radius 2 is 1.82 bits per heavy atom. The van der Waals surface area contributed by atoms with Crippen LogP contribution in [0.2, 0.25) is 0 Å². The summed E-state index contributed by atoms with van der Waals surface area (Å²) in [5.41, 5.74) is 3.10. The van der Waals surface area contributed by atoms with Crippen molar-refractivity contribution in [3.8, 4) is 0 Å². The van der Waals surface area contributed by atoms with Crippen molar-refractivity contribution >= 4 is 22.9 Å². The zero-order chi connectivity index (χ0) is 15.7. The number of nitrogens with zero attached hydrogens (tertiary/aromatic N) is 2. The van der Waals surface area contributed by atoms with Gasteiger partial charge in [-0.05, 0) is 24.6 Å². The molecule has 0 saturated carbocycles. The number of fused-ring (bicyclic) bond motifs is 1. The summed E-state index contributed by atoms with van der Waals surface area (Å²) in [6.07, 6.45) is 1.43. The summed E-state index contributed by atoms with van der Waals surface area (Å²) in [6.45, 7) is 1.91. The lowest BCUT2D eigenvalue weighted by Crippen LogP contribution is -2.21. The van der Waals surface area contributed by atoms with Crippen LogP contribution in [0.3, 0.4) is 0 Å². The highest BCUT2D eigenvalue weighted by atomic mass is 16.3. The van der Waals surface area contributed by atoms with Crippen molar-refractivity contribution in [1.29, 1.82) is 0 Å². The molecule has 2 aromatic carbocycles. The molecule has 4 heteroatoms. The van der Waals surface area contributed by atoms with Gasteiger partial charge in [0.15, 0.2) is 0 Å². The van der Waals surface area contributed by atoms with E-state index in [0.717, 1.165) is 11.1 Å². The Bertz CT molecular complexity index is 939. The molecule has 0 atom stereocenters. The molecular formula is C18H16N2O2. The molecule has 0 unspecified atom stereocenters. The van der Waals surface area contributed by atoms with Crippen molar-refractivity contribution in [1.82, 2.24) is 9.55 Å². The zero-order valence-electron chi connectivity index (χ0n) is 12.4. The molecule has 110 valence electrons. The van der Waals surface area contributed by atoms with Crippen molar-refractivity contribution < 1.29 is 5.11 Å². The van der Waals surface area contributed by atoms with E-state index in [1.54, 1.807) is 11.6 Å². The average molecular weight is 292 g/mol. The Labute approximate surface area is 128 Å². The van der Waals surface area contributed by atoms with Crippen LogP contribution in [0, 0.1) is 6.92 Å². The normalized spacial score (nSPS) is 11.8. The van der Waals surface area contributed by atoms with Gasteiger partial charge in [-0.3, -0.25) is 4.79 Å². The van der Waals surface area contributed by atoms with E-state index in [1.807, 2.05) is 55.5 Å². The van der Waals surface area contributed by atoms with Gasteiger partial charge in [0.25, 0.3) is 5.56 Å². The van der Waals surface area contributed by atoms with Crippen molar-refractivity contribution in [2.75, 3.05) is 0 Å². The summed E-state index contributed by atoms with van der Waals surface area (Å²) in [4.78, 5) is 16.7. The molecule has 3 rings (SSSR count). The van der Waals surface area contributed by atoms with Gasteiger partial charge in [-0.25, -0.2) is 4.98 Å². The SMILES string of the molecule is Cc1ccccc1/C(O)=C/c1nc2ccccc2n(C)c1=O. The Hall–Kier alpha value is -2.88. The van der Waals surface area contributed by atoms with E-state index in [9.17, 15) is 9.90 Å². The fourth-order valence-electron chi connectivity index (χ4n) is 2.46. The summed E-state index contributed by atoms with van der Waals surface area (Å²) in [5.74, 6) is 0.0398. The number of hydrogen-bond donors (Lipinski definition) is 1. The monoisotopic (exact) mass is 292 g/mol. The molecule has 1 heterocycles. The van der Waals surface area contributed by atoms with Gasteiger partial charge >= 0.3 is 0 Å². The molecule has 0 aliphatic carbocycles. The molecule has 0 amide bonds. The first kappa shape index (κ1) is 14.1. The van der Waals surface area contributed by atoms with Crippen LogP contribution in [0.25, 0.3) is 22.9 Å². The summed E-state index contributed by atoms with van der Waals surface area (Å²) in [7, 11) is 1.70. The van der Waals surface area contributed by atoms with E-state index in [2.05, 4.69) is 4.98 Å². The number of para-hydroxylation sites is 2. The quantitative estimate of drug-likeness (QED) is 0.737. The van der Waals surface area contributed by atoms with Gasteiger partial charge in [0.2, 0.25) is 0 Å². The predicted octanol–water partition coefficient (Wildman–Crippen LogP) is 3.30. The maximum atomic E-state index is 12.4. The fraction of sp³-hybridized carbons (Fsp3) is 0.111. The van der Waals surface area contributed by atoms with Crippen LogP contribution >= 0.6 is 0 Å². The molecule has 0 aliphatic rings. The van der Waals surface area contributed by atoms with Crippen LogP contribution in [-0.4, -0.2) is 14.7 Å². The predicted molar refractivity (Wildman–Crippen MR) is 88.7 cm³/mol. The molecule has 3 aromatic rings. The highest BCUT2D eigenvalue weighted by Gasteiger charge is 2.09. The van der Waals surface area contributed by atoms with Gasteiger partial charge in [0, 0.05) is 18.7 Å². The van der Waals surface area contributed by atoms with Gasteiger partial charge in [-0.2, -0.15) is 0 Å². The molecule has 0 spiro atoms. The van der Waals surface area contributed by atoms with E-state index in [0.29, 0.717) is 11.1 Å². The van der Waals surface area contributed by atoms with E-state index in [-0.39, 0.29) is 17.0 Å². The standard InChI is InChI=1S/C18H16N2O2/c1-12-7-3-4-8-13(12)17(21)11-15-18(22)20(2)16-10-6-5-9-14(16)19-15/h3-11,21H,1-2H3/b17-11-. The second kappa shape index (κ2) is 5.48. The lowest BCUT2D eigenvalue weighted by atomic mass is 10.1. The molecular weight excluding hydrogens is 276 g/mol. The molecule has 22 heavy (non-hydrogen) atoms. The number of aryl methyl sites for hydroxylation is 2. The lowest BCUT2D eigenvalue weighted by Gasteiger charge is -2.07. The second-order valence-corrected chi connectivity index (χ2v) is 5.19. The Balaban J connectivity index is 2.19. The van der Waals surface area contributed by atoms with E-state index < -0.39 is 0 Å². The number of aromatic nitrogens is 2. The number of rotatable bonds is 2. The number of aliphatic hydroxyl groups excluding tert-OH is 1. The molecule has 0 fully saturated rings. The van der Waals surface area contributed by atoms with Crippen LogP contribution in [0.1, 0.15) is 16.8 Å². The third kappa shape index (κ3) is 2.39. The van der Waals surface area contributed by atoms with Crippen LogP contribution in [0.5, 0.6) is 0 Å². The molecule has 1 N–H and O–H groups in total. The highest BCUT2D eigenvalue weighted by Crippen LogP contribution is 2.18. The summed E-state index contributed by atoms with van der Waals surface area (Å²) < 4.78 is 1.54. The minimum Gasteiger partial charge on any atom is -0.507 e. The Kier molecular flexibility index (Phi) is 3.51. The Morgan fingerprint density at radius 3 is 2.59 bits per heavy atom. The fourth-order valence-corrected chi connectivity index (χ4v) is 2.46. The second-order valence-electron chi connectivity index (χ2n) is 5.19. The molecule has 1 aromatic heterocycles. The van der Waals surface area contributed by atoms with Crippen molar-refractivity contribution in [2.45, 2.75) is 6.92 Å². The molecule has 0 aliphatic heterocycles. The maximum Gasteiger partial charge on any atom is 0.276 e. The van der Waals surface area contributed by atoms with Crippen molar-refractivity contribution in [3.63, 3.8) is 0 Å². The first-order valence-electron chi connectivity index (χ1n) is 7.00. The van der Waals surface area contributed by atoms with Gasteiger partial charge in [-0.15, -0.1) is 0 Å². The number of hydrogen-bond acceptors (Lipinski definition) is 3. The number of aliphatic hydroxyl groups is 1. The minimum absolute atomic E-state index is 0.0398. The van der Waals surface area contributed by atoms with E-state index in [4.69, 9.17) is 0 Å². The first-order chi connectivity index (χ1) is 10.6. The van der Waals surface area contributed by atoms with Gasteiger partial charge < -0.3 is 9.67 Å². The third-order valence-corrected chi connectivity index (χ3v) is 3.70. The van der Waals surface area contributed by atoms with Gasteiger partial charge in [0.05, 0.1) is 11.0 Å². The largest absolute Gasteiger partial charge is 0.507 e. The average Bonchev–Trinajstić information content (AvgIpc) is 2.52. The Morgan fingerprint density at radius 1 is 1.14 bits per heavy atom. The smallest absolute Gasteiger partial charge is 0.276 e. The van der Waals surface area contributed by atoms with Crippen LogP contribution in [0.15, 0.2) is 53.3 Å². The third-order valence-electron chi connectivity index (χ3n) is 3.70. The summed E-state index contributed by atoms with van der Waals surface area (Å²) in [6, 6.07) is 14.9. The molecule has 0 saturated heterocycles. The molecule has 4 nitrogen and oxygen atoms in total. The lowest BCUT2D eigenvalue weighted by molar-refractivity contribution is 0.514. The van der Waals surface area contributed by atoms with Crippen molar-refractivity contribution in [3.05, 3.63) is 75.7 Å². The first-order valence-corrected chi connectivity index (χ1v) is 7.00. The topological polar surface area (TPSA) is 55.1 Å². The minimum atomic E-state index is -0.237. The zero-order valence-corrected chi connectivity index (χ0v) is 12.4. The highest BCUT2D eigenvalue weighted by molar-refractivity contribution is 5.80. The molecule has 0 radical (unpaired) electrons. The number of benzene rings is 2. The summed E-state index contributed by atoms with van der Waals surface area (Å²) >= 11 is 0. The van der Waals surface area contributed by atoms with E-state index >= 15 is 0 Å². The van der Waals surface area contributed by atoms with Gasteiger partial charge in [0.1, 0.15) is 11.5 Å². The van der Waals surface area contributed by atoms with Crippen LogP contribution < -0.4 is 5.56 Å². The van der Waals surface area contributed by atoms with Crippen LogP contribution in [0.4, 0.5) is 0 Å².